The minimum absolute atomic E-state index is 1.32. The second kappa shape index (κ2) is 4.13. The van der Waals surface area contributed by atoms with Gasteiger partial charge >= 0.3 is 0 Å². The van der Waals surface area contributed by atoms with Crippen LogP contribution in [0, 0.1) is 27.7 Å². The summed E-state index contributed by atoms with van der Waals surface area (Å²) >= 11 is 0. The molecule has 0 fully saturated rings. The minimum atomic E-state index is 1.32. The van der Waals surface area contributed by atoms with E-state index < -0.39 is 0 Å². The van der Waals surface area contributed by atoms with Crippen LogP contribution in [0.3, 0.4) is 0 Å². The van der Waals surface area contributed by atoms with E-state index in [4.69, 9.17) is 0 Å². The van der Waals surface area contributed by atoms with Gasteiger partial charge in [0.2, 0.25) is 0 Å². The fraction of sp³-hybridized carbons (Fsp3) is 0.250. The second-order valence-corrected chi connectivity index (χ2v) is 4.64. The normalized spacial score (nSPS) is 10.5. The van der Waals surface area contributed by atoms with Gasteiger partial charge in [0.25, 0.3) is 0 Å². The molecule has 0 aliphatic rings. The topological polar surface area (TPSA) is 0 Å². The van der Waals surface area contributed by atoms with Crippen LogP contribution in [0.2, 0.25) is 0 Å². The number of benzene rings is 2. The summed E-state index contributed by atoms with van der Waals surface area (Å²) in [6, 6.07) is 13.3. The lowest BCUT2D eigenvalue weighted by atomic mass is 9.94. The van der Waals surface area contributed by atoms with E-state index in [0.29, 0.717) is 0 Å². The monoisotopic (exact) mass is 210 g/mol. The third-order valence-corrected chi connectivity index (χ3v) is 3.08. The van der Waals surface area contributed by atoms with Gasteiger partial charge in [0.1, 0.15) is 0 Å². The molecule has 2 rings (SSSR count). The molecule has 0 aliphatic heterocycles. The third kappa shape index (κ3) is 2.01. The lowest BCUT2D eigenvalue weighted by Crippen LogP contribution is -1.89. The van der Waals surface area contributed by atoms with E-state index in [9.17, 15) is 0 Å². The Morgan fingerprint density at radius 3 is 1.31 bits per heavy atom. The van der Waals surface area contributed by atoms with Gasteiger partial charge in [-0.2, -0.15) is 0 Å². The van der Waals surface area contributed by atoms with E-state index in [1.807, 2.05) is 0 Å². The van der Waals surface area contributed by atoms with E-state index in [2.05, 4.69) is 64.1 Å². The summed E-state index contributed by atoms with van der Waals surface area (Å²) in [5, 5.41) is 0. The van der Waals surface area contributed by atoms with Crippen molar-refractivity contribution in [2.24, 2.45) is 0 Å². The maximum Gasteiger partial charge on any atom is -0.0149 e. The van der Waals surface area contributed by atoms with Crippen LogP contribution in [0.5, 0.6) is 0 Å². The molecule has 0 radical (unpaired) electrons. The molecule has 0 nitrogen and oxygen atoms in total. The molecule has 0 aromatic heterocycles. The highest BCUT2D eigenvalue weighted by molar-refractivity contribution is 5.71. The SMILES string of the molecule is Cc1ccc(C)c(-c2cc(C)ccc2C)c1. The van der Waals surface area contributed by atoms with Gasteiger partial charge < -0.3 is 0 Å². The standard InChI is InChI=1S/C16H18/c1-11-5-7-13(3)15(9-11)16-10-12(2)6-8-14(16)4/h5-10H,1-4H3. The van der Waals surface area contributed by atoms with Crippen molar-refractivity contribution in [2.75, 3.05) is 0 Å². The Kier molecular flexibility index (Phi) is 2.82. The maximum atomic E-state index is 2.27. The van der Waals surface area contributed by atoms with Crippen LogP contribution in [-0.4, -0.2) is 0 Å². The lowest BCUT2D eigenvalue weighted by Gasteiger charge is -2.11. The van der Waals surface area contributed by atoms with Gasteiger partial charge in [0, 0.05) is 0 Å². The average molecular weight is 210 g/mol. The molecule has 0 aliphatic carbocycles. The van der Waals surface area contributed by atoms with Crippen molar-refractivity contribution in [3.63, 3.8) is 0 Å². The van der Waals surface area contributed by atoms with Crippen molar-refractivity contribution in [3.05, 3.63) is 58.7 Å². The molecule has 82 valence electrons. The Bertz CT molecular complexity index is 472. The summed E-state index contributed by atoms with van der Waals surface area (Å²) in [5.41, 5.74) is 8.06. The first-order valence-electron chi connectivity index (χ1n) is 5.73. The van der Waals surface area contributed by atoms with Gasteiger partial charge in [0.05, 0.1) is 0 Å². The molecule has 0 bridgehead atoms. The van der Waals surface area contributed by atoms with Crippen LogP contribution in [0.1, 0.15) is 22.3 Å². The minimum Gasteiger partial charge on any atom is -0.0590 e. The molecular weight excluding hydrogens is 192 g/mol. The first-order chi connectivity index (χ1) is 7.58. The highest BCUT2D eigenvalue weighted by Crippen LogP contribution is 2.28. The van der Waals surface area contributed by atoms with Crippen molar-refractivity contribution < 1.29 is 0 Å². The quantitative estimate of drug-likeness (QED) is 0.646. The third-order valence-electron chi connectivity index (χ3n) is 3.08. The summed E-state index contributed by atoms with van der Waals surface area (Å²) in [7, 11) is 0. The van der Waals surface area contributed by atoms with Crippen LogP contribution in [-0.2, 0) is 0 Å². The first kappa shape index (κ1) is 10.9. The first-order valence-corrected chi connectivity index (χ1v) is 5.73. The molecule has 0 saturated carbocycles. The molecule has 2 aromatic carbocycles. The van der Waals surface area contributed by atoms with E-state index in [1.54, 1.807) is 0 Å². The molecule has 0 unspecified atom stereocenters. The molecule has 0 heterocycles. The molecule has 0 saturated heterocycles. The Morgan fingerprint density at radius 1 is 0.562 bits per heavy atom. The van der Waals surface area contributed by atoms with Crippen molar-refractivity contribution in [2.45, 2.75) is 27.7 Å². The summed E-state index contributed by atoms with van der Waals surface area (Å²) in [4.78, 5) is 0. The van der Waals surface area contributed by atoms with Crippen LogP contribution in [0.15, 0.2) is 36.4 Å². The molecule has 0 atom stereocenters. The van der Waals surface area contributed by atoms with Crippen LogP contribution in [0.4, 0.5) is 0 Å². The Balaban J connectivity index is 2.66. The van der Waals surface area contributed by atoms with E-state index in [-0.39, 0.29) is 0 Å². The van der Waals surface area contributed by atoms with E-state index >= 15 is 0 Å². The fourth-order valence-corrected chi connectivity index (χ4v) is 2.05. The van der Waals surface area contributed by atoms with Gasteiger partial charge in [-0.15, -0.1) is 0 Å². The van der Waals surface area contributed by atoms with Gasteiger partial charge in [-0.05, 0) is 49.9 Å². The summed E-state index contributed by atoms with van der Waals surface area (Å²) < 4.78 is 0. The second-order valence-electron chi connectivity index (χ2n) is 4.64. The van der Waals surface area contributed by atoms with E-state index in [0.717, 1.165) is 0 Å². The molecule has 2 aromatic rings. The maximum absolute atomic E-state index is 2.27. The molecule has 0 spiro atoms. The molecule has 0 amide bonds. The highest BCUT2D eigenvalue weighted by Gasteiger charge is 2.05. The zero-order valence-corrected chi connectivity index (χ0v) is 10.5. The fourth-order valence-electron chi connectivity index (χ4n) is 2.05. The van der Waals surface area contributed by atoms with Gasteiger partial charge in [-0.25, -0.2) is 0 Å². The van der Waals surface area contributed by atoms with Crippen LogP contribution >= 0.6 is 0 Å². The molecule has 0 heteroatoms. The summed E-state index contributed by atoms with van der Waals surface area (Å²) in [6.45, 7) is 8.65. The number of hydrogen-bond donors (Lipinski definition) is 0. The summed E-state index contributed by atoms with van der Waals surface area (Å²) in [6.07, 6.45) is 0. The predicted octanol–water partition coefficient (Wildman–Crippen LogP) is 4.59. The Hall–Kier alpha value is -1.56. The molecular formula is C16H18. The van der Waals surface area contributed by atoms with Gasteiger partial charge in [-0.1, -0.05) is 47.5 Å². The highest BCUT2D eigenvalue weighted by atomic mass is 14.1. The summed E-state index contributed by atoms with van der Waals surface area (Å²) in [5.74, 6) is 0. The smallest absolute Gasteiger partial charge is 0.0149 e. The zero-order valence-electron chi connectivity index (χ0n) is 10.5. The van der Waals surface area contributed by atoms with Crippen LogP contribution in [0.25, 0.3) is 11.1 Å². The Labute approximate surface area is 97.9 Å². The molecule has 0 N–H and O–H groups in total. The Morgan fingerprint density at radius 2 is 0.938 bits per heavy atom. The van der Waals surface area contributed by atoms with Crippen molar-refractivity contribution in [1.29, 1.82) is 0 Å². The van der Waals surface area contributed by atoms with Crippen molar-refractivity contribution >= 4 is 0 Å². The number of rotatable bonds is 1. The lowest BCUT2D eigenvalue weighted by molar-refractivity contribution is 1.35. The number of hydrogen-bond acceptors (Lipinski definition) is 0. The van der Waals surface area contributed by atoms with E-state index in [1.165, 1.54) is 33.4 Å². The predicted molar refractivity (Wildman–Crippen MR) is 70.8 cm³/mol. The van der Waals surface area contributed by atoms with Gasteiger partial charge in [0.15, 0.2) is 0 Å². The zero-order chi connectivity index (χ0) is 11.7. The van der Waals surface area contributed by atoms with Crippen LogP contribution < -0.4 is 0 Å². The largest absolute Gasteiger partial charge is 0.0590 e. The van der Waals surface area contributed by atoms with Gasteiger partial charge in [-0.3, -0.25) is 0 Å². The van der Waals surface area contributed by atoms with Crippen molar-refractivity contribution in [3.8, 4) is 11.1 Å². The average Bonchev–Trinajstić information content (AvgIpc) is 2.25. The molecule has 16 heavy (non-hydrogen) atoms. The number of aryl methyl sites for hydroxylation is 4. The van der Waals surface area contributed by atoms with Crippen molar-refractivity contribution in [1.82, 2.24) is 0 Å².